The minimum atomic E-state index is -0.290. The van der Waals surface area contributed by atoms with Gasteiger partial charge in [-0.1, -0.05) is 0 Å². The van der Waals surface area contributed by atoms with Crippen LogP contribution in [-0.2, 0) is 11.3 Å². The topological polar surface area (TPSA) is 68.0 Å². The van der Waals surface area contributed by atoms with Gasteiger partial charge in [0.1, 0.15) is 0 Å². The first kappa shape index (κ1) is 12.1. The molecule has 1 aromatic rings. The Morgan fingerprint density at radius 2 is 2.33 bits per heavy atom. The van der Waals surface area contributed by atoms with E-state index in [1.54, 1.807) is 11.3 Å². The van der Waals surface area contributed by atoms with Gasteiger partial charge in [0.15, 0.2) is 0 Å². The first-order valence-corrected chi connectivity index (χ1v) is 5.71. The molecule has 0 saturated heterocycles. The molecule has 0 saturated carbocycles. The molecule has 0 radical (unpaired) electrons. The van der Waals surface area contributed by atoms with Gasteiger partial charge in [-0.2, -0.15) is 0 Å². The van der Waals surface area contributed by atoms with Crippen LogP contribution in [0.2, 0.25) is 0 Å². The maximum atomic E-state index is 10.8. The zero-order chi connectivity index (χ0) is 11.5. The third-order valence-electron chi connectivity index (χ3n) is 2.03. The predicted molar refractivity (Wildman–Crippen MR) is 61.6 cm³/mol. The SMILES string of the molecule is Cc1nc(CNC(C)(C)CC(N)=O)cs1. The number of nitrogens with zero attached hydrogens (tertiary/aromatic N) is 1. The van der Waals surface area contributed by atoms with Crippen LogP contribution in [0.15, 0.2) is 5.38 Å². The van der Waals surface area contributed by atoms with Crippen LogP contribution in [0, 0.1) is 6.92 Å². The molecule has 1 aromatic heterocycles. The summed E-state index contributed by atoms with van der Waals surface area (Å²) in [5.41, 5.74) is 5.89. The Morgan fingerprint density at radius 3 is 2.80 bits per heavy atom. The van der Waals surface area contributed by atoms with Gasteiger partial charge in [-0.3, -0.25) is 4.79 Å². The quantitative estimate of drug-likeness (QED) is 0.794. The van der Waals surface area contributed by atoms with Crippen molar-refractivity contribution in [3.8, 4) is 0 Å². The van der Waals surface area contributed by atoms with Crippen LogP contribution in [0.4, 0.5) is 0 Å². The molecule has 0 aliphatic rings. The highest BCUT2D eigenvalue weighted by atomic mass is 32.1. The van der Waals surface area contributed by atoms with E-state index in [4.69, 9.17) is 5.73 Å². The lowest BCUT2D eigenvalue weighted by molar-refractivity contribution is -0.119. The van der Waals surface area contributed by atoms with Gasteiger partial charge in [-0.15, -0.1) is 11.3 Å². The molecule has 15 heavy (non-hydrogen) atoms. The molecular formula is C10H17N3OS. The lowest BCUT2D eigenvalue weighted by atomic mass is 10.0. The lowest BCUT2D eigenvalue weighted by Crippen LogP contribution is -2.42. The normalized spacial score (nSPS) is 11.7. The molecule has 0 aliphatic heterocycles. The lowest BCUT2D eigenvalue weighted by Gasteiger charge is -2.24. The maximum absolute atomic E-state index is 10.8. The summed E-state index contributed by atoms with van der Waals surface area (Å²) in [6.45, 7) is 6.56. The van der Waals surface area contributed by atoms with E-state index in [1.807, 2.05) is 26.2 Å². The molecule has 3 N–H and O–H groups in total. The Bertz CT molecular complexity index is 346. The molecule has 4 nitrogen and oxygen atoms in total. The highest BCUT2D eigenvalue weighted by Gasteiger charge is 2.19. The van der Waals surface area contributed by atoms with Gasteiger partial charge < -0.3 is 11.1 Å². The van der Waals surface area contributed by atoms with E-state index in [0.29, 0.717) is 13.0 Å². The van der Waals surface area contributed by atoms with Crippen LogP contribution >= 0.6 is 11.3 Å². The summed E-state index contributed by atoms with van der Waals surface area (Å²) in [6.07, 6.45) is 0.329. The van der Waals surface area contributed by atoms with Gasteiger partial charge in [-0.25, -0.2) is 4.98 Å². The molecule has 0 aromatic carbocycles. The summed E-state index contributed by atoms with van der Waals surface area (Å²) >= 11 is 1.63. The van der Waals surface area contributed by atoms with E-state index in [2.05, 4.69) is 10.3 Å². The predicted octanol–water partition coefficient (Wildman–Crippen LogP) is 1.20. The molecule has 1 rings (SSSR count). The number of aromatic nitrogens is 1. The smallest absolute Gasteiger partial charge is 0.219 e. The molecule has 5 heteroatoms. The molecule has 0 atom stereocenters. The molecule has 84 valence electrons. The second-order valence-electron chi connectivity index (χ2n) is 4.24. The second-order valence-corrected chi connectivity index (χ2v) is 5.30. The van der Waals surface area contributed by atoms with Gasteiger partial charge in [0.25, 0.3) is 0 Å². The van der Waals surface area contributed by atoms with Crippen molar-refractivity contribution in [3.63, 3.8) is 0 Å². The Hall–Kier alpha value is -0.940. The van der Waals surface area contributed by atoms with Gasteiger partial charge in [0, 0.05) is 23.9 Å². The fourth-order valence-corrected chi connectivity index (χ4v) is 1.93. The third kappa shape index (κ3) is 4.40. The van der Waals surface area contributed by atoms with Crippen molar-refractivity contribution in [2.45, 2.75) is 39.3 Å². The van der Waals surface area contributed by atoms with Crippen LogP contribution in [0.1, 0.15) is 31.0 Å². The van der Waals surface area contributed by atoms with Crippen LogP contribution in [0.5, 0.6) is 0 Å². The first-order valence-electron chi connectivity index (χ1n) is 4.83. The highest BCUT2D eigenvalue weighted by Crippen LogP contribution is 2.11. The first-order chi connectivity index (χ1) is 6.89. The molecule has 0 bridgehead atoms. The molecular weight excluding hydrogens is 210 g/mol. The standard InChI is InChI=1S/C10H17N3OS/c1-7-13-8(6-15-7)5-12-10(2,3)4-9(11)14/h6,12H,4-5H2,1-3H3,(H2,11,14). The monoisotopic (exact) mass is 227 g/mol. The Kier molecular flexibility index (Phi) is 3.82. The number of thiazole rings is 1. The number of carbonyl (C=O) groups excluding carboxylic acids is 1. The maximum Gasteiger partial charge on any atom is 0.219 e. The van der Waals surface area contributed by atoms with Crippen molar-refractivity contribution < 1.29 is 4.79 Å². The highest BCUT2D eigenvalue weighted by molar-refractivity contribution is 7.09. The van der Waals surface area contributed by atoms with Crippen LogP contribution in [-0.4, -0.2) is 16.4 Å². The number of hydrogen-bond acceptors (Lipinski definition) is 4. The molecule has 1 heterocycles. The Balaban J connectivity index is 2.45. The molecule has 0 aliphatic carbocycles. The number of carbonyl (C=O) groups is 1. The Morgan fingerprint density at radius 1 is 1.67 bits per heavy atom. The number of primary amides is 1. The van der Waals surface area contributed by atoms with Crippen molar-refractivity contribution in [1.29, 1.82) is 0 Å². The van der Waals surface area contributed by atoms with Gasteiger partial charge >= 0.3 is 0 Å². The summed E-state index contributed by atoms with van der Waals surface area (Å²) < 4.78 is 0. The zero-order valence-corrected chi connectivity index (χ0v) is 10.1. The average Bonchev–Trinajstić information content (AvgIpc) is 2.46. The fraction of sp³-hybridized carbons (Fsp3) is 0.600. The molecule has 0 spiro atoms. The van der Waals surface area contributed by atoms with Crippen molar-refractivity contribution in [2.75, 3.05) is 0 Å². The van der Waals surface area contributed by atoms with Crippen LogP contribution in [0.25, 0.3) is 0 Å². The summed E-state index contributed by atoms with van der Waals surface area (Å²) in [6, 6.07) is 0. The summed E-state index contributed by atoms with van der Waals surface area (Å²) in [7, 11) is 0. The van der Waals surface area contributed by atoms with E-state index in [0.717, 1.165) is 10.7 Å². The average molecular weight is 227 g/mol. The van der Waals surface area contributed by atoms with E-state index in [9.17, 15) is 4.79 Å². The van der Waals surface area contributed by atoms with Crippen molar-refractivity contribution in [2.24, 2.45) is 5.73 Å². The fourth-order valence-electron chi connectivity index (χ4n) is 1.32. The molecule has 0 unspecified atom stereocenters. The number of hydrogen-bond donors (Lipinski definition) is 2. The summed E-state index contributed by atoms with van der Waals surface area (Å²) in [4.78, 5) is 15.1. The summed E-state index contributed by atoms with van der Waals surface area (Å²) in [5.74, 6) is -0.290. The van der Waals surface area contributed by atoms with Crippen LogP contribution < -0.4 is 11.1 Å². The van der Waals surface area contributed by atoms with E-state index in [-0.39, 0.29) is 11.4 Å². The second kappa shape index (κ2) is 4.72. The van der Waals surface area contributed by atoms with Crippen molar-refractivity contribution >= 4 is 17.2 Å². The third-order valence-corrected chi connectivity index (χ3v) is 2.85. The van der Waals surface area contributed by atoms with Crippen molar-refractivity contribution in [1.82, 2.24) is 10.3 Å². The van der Waals surface area contributed by atoms with Gasteiger partial charge in [0.05, 0.1) is 10.7 Å². The van der Waals surface area contributed by atoms with E-state index >= 15 is 0 Å². The van der Waals surface area contributed by atoms with Crippen LogP contribution in [0.3, 0.4) is 0 Å². The largest absolute Gasteiger partial charge is 0.370 e. The number of aryl methyl sites for hydroxylation is 1. The van der Waals surface area contributed by atoms with Gasteiger partial charge in [-0.05, 0) is 20.8 Å². The molecule has 0 fully saturated rings. The Labute approximate surface area is 93.9 Å². The number of nitrogens with one attached hydrogen (secondary N) is 1. The zero-order valence-electron chi connectivity index (χ0n) is 9.33. The van der Waals surface area contributed by atoms with E-state index in [1.165, 1.54) is 0 Å². The van der Waals surface area contributed by atoms with E-state index < -0.39 is 0 Å². The summed E-state index contributed by atoms with van der Waals surface area (Å²) in [5, 5.41) is 6.33. The molecule has 1 amide bonds. The number of rotatable bonds is 5. The number of nitrogens with two attached hydrogens (primary N) is 1. The van der Waals surface area contributed by atoms with Crippen molar-refractivity contribution in [3.05, 3.63) is 16.1 Å². The number of amides is 1. The minimum absolute atomic E-state index is 0.274. The minimum Gasteiger partial charge on any atom is -0.370 e. The van der Waals surface area contributed by atoms with Gasteiger partial charge in [0.2, 0.25) is 5.91 Å².